The number of hydrogen-bond acceptors (Lipinski definition) is 8. The van der Waals surface area contributed by atoms with Gasteiger partial charge in [-0.05, 0) is 116 Å². The van der Waals surface area contributed by atoms with Gasteiger partial charge in [-0.15, -0.1) is 90.7 Å². The summed E-state index contributed by atoms with van der Waals surface area (Å²) < 4.78 is 23.2. The van der Waals surface area contributed by atoms with Gasteiger partial charge in [-0.25, -0.2) is 0 Å². The molecule has 16 rings (SSSR count). The van der Waals surface area contributed by atoms with E-state index in [1.54, 1.807) is 0 Å². The molecule has 97 heavy (non-hydrogen) atoms. The van der Waals surface area contributed by atoms with Gasteiger partial charge in [0.1, 0.15) is 0 Å². The molecule has 16 aromatic rings. The fraction of sp³-hybridized carbons (Fsp3) is 0.371. The lowest BCUT2D eigenvalue weighted by Gasteiger charge is -2.04. The molecule has 0 amide bonds. The molecule has 0 fully saturated rings. The summed E-state index contributed by atoms with van der Waals surface area (Å²) in [5.74, 6) is 0. The van der Waals surface area contributed by atoms with E-state index in [0.29, 0.717) is 0 Å². The molecule has 0 N–H and O–H groups in total. The summed E-state index contributed by atoms with van der Waals surface area (Å²) in [7, 11) is 0. The number of thiophene rings is 8. The van der Waals surface area contributed by atoms with Gasteiger partial charge in [-0.3, -0.25) is 0 Å². The predicted molar refractivity (Wildman–Crippen MR) is 452 cm³/mol. The molecule has 0 radical (unpaired) electrons. The largest absolute Gasteiger partial charge is 0.134 e. The van der Waals surface area contributed by atoms with Crippen molar-refractivity contribution in [3.8, 4) is 0 Å². The molecule has 0 atom stereocenters. The fourth-order valence-corrected chi connectivity index (χ4v) is 25.1. The highest BCUT2D eigenvalue weighted by Crippen LogP contribution is 2.48. The molecule has 8 heterocycles. The monoisotopic (exact) mass is 1420 g/mol. The van der Waals surface area contributed by atoms with E-state index in [4.69, 9.17) is 0 Å². The van der Waals surface area contributed by atoms with Gasteiger partial charge in [0.15, 0.2) is 0 Å². The van der Waals surface area contributed by atoms with Crippen molar-refractivity contribution >= 4 is 209 Å². The Morgan fingerprint density at radius 2 is 0.381 bits per heavy atom. The third-order valence-electron chi connectivity index (χ3n) is 19.8. The number of fused-ring (bicyclic) bond motifs is 20. The number of rotatable bonds is 29. The van der Waals surface area contributed by atoms with E-state index < -0.39 is 0 Å². The van der Waals surface area contributed by atoms with E-state index in [-0.39, 0.29) is 0 Å². The van der Waals surface area contributed by atoms with Gasteiger partial charge in [-0.1, -0.05) is 290 Å². The van der Waals surface area contributed by atoms with Crippen LogP contribution in [0.3, 0.4) is 0 Å². The van der Waals surface area contributed by atoms with Crippen molar-refractivity contribution in [3.63, 3.8) is 0 Å². The van der Waals surface area contributed by atoms with Crippen LogP contribution >= 0.6 is 90.7 Å². The number of unbranched alkanes of at least 4 members (excludes halogenated alkanes) is 22. The summed E-state index contributed by atoms with van der Waals surface area (Å²) in [5.41, 5.74) is 5.97. The number of benzene rings is 8. The molecule has 0 aliphatic carbocycles. The molecule has 8 aromatic carbocycles. The number of hydrogen-bond donors (Lipinski definition) is 0. The summed E-state index contributed by atoms with van der Waals surface area (Å²) in [6, 6.07) is 63.6. The maximum atomic E-state index is 2.46. The average Bonchev–Trinajstić information content (AvgIpc) is 1.63. The molecule has 0 saturated heterocycles. The molecule has 502 valence electrons. The van der Waals surface area contributed by atoms with Crippen LogP contribution in [0.4, 0.5) is 0 Å². The SMILES string of the molecule is CCCCCCCCCCCCCc1ccc2c(c1)sc1c3ccccc3sc21.CCCCCCCCCCCCc1ccc2c(c1)sc1c3ccccc3sc21.CCCCCCc1ccc2c(c1)sc1c3ccccc3sc21.CCc1ccc2c(c1)sc1c3ccccc3sc21. The van der Waals surface area contributed by atoms with E-state index in [2.05, 4.69) is 198 Å². The van der Waals surface area contributed by atoms with Gasteiger partial charge >= 0.3 is 0 Å². The lowest BCUT2D eigenvalue weighted by Crippen LogP contribution is -1.86. The van der Waals surface area contributed by atoms with Crippen molar-refractivity contribution < 1.29 is 0 Å². The van der Waals surface area contributed by atoms with Crippen LogP contribution in [0.25, 0.3) is 118 Å². The lowest BCUT2D eigenvalue weighted by molar-refractivity contribution is 0.549. The van der Waals surface area contributed by atoms with Crippen molar-refractivity contribution in [1.82, 2.24) is 0 Å². The second-order valence-electron chi connectivity index (χ2n) is 27.1. The van der Waals surface area contributed by atoms with Crippen molar-refractivity contribution in [3.05, 3.63) is 192 Å². The minimum atomic E-state index is 1.11. The van der Waals surface area contributed by atoms with Crippen molar-refractivity contribution in [2.75, 3.05) is 0 Å². The Labute approximate surface area is 609 Å². The van der Waals surface area contributed by atoms with Gasteiger partial charge in [0.05, 0.1) is 37.6 Å². The van der Waals surface area contributed by atoms with E-state index in [0.717, 1.165) is 6.42 Å². The molecule has 8 aromatic heterocycles. The lowest BCUT2D eigenvalue weighted by atomic mass is 10.0. The highest BCUT2D eigenvalue weighted by molar-refractivity contribution is 7.38. The summed E-state index contributed by atoms with van der Waals surface area (Å²) in [6.07, 6.45) is 39.9. The number of aryl methyl sites for hydroxylation is 4. The first kappa shape index (κ1) is 69.9. The molecule has 0 aliphatic rings. The van der Waals surface area contributed by atoms with Crippen molar-refractivity contribution in [2.24, 2.45) is 0 Å². The average molecular weight is 1420 g/mol. The molecule has 0 saturated carbocycles. The fourth-order valence-electron chi connectivity index (χ4n) is 14.2. The summed E-state index contributed by atoms with van der Waals surface area (Å²) in [5, 5.41) is 11.5. The second-order valence-corrected chi connectivity index (χ2v) is 35.6. The Kier molecular flexibility index (Phi) is 25.4. The first-order chi connectivity index (χ1) is 48.0. The zero-order chi connectivity index (χ0) is 66.1. The topological polar surface area (TPSA) is 0 Å². The zero-order valence-electron chi connectivity index (χ0n) is 57.9. The van der Waals surface area contributed by atoms with Crippen LogP contribution in [0.5, 0.6) is 0 Å². The summed E-state index contributed by atoms with van der Waals surface area (Å²) in [4.78, 5) is 0. The highest BCUT2D eigenvalue weighted by atomic mass is 32.1. The molecule has 0 bridgehead atoms. The minimum Gasteiger partial charge on any atom is -0.134 e. The Balaban J connectivity index is 0.000000118. The first-order valence-electron chi connectivity index (χ1n) is 37.3. The van der Waals surface area contributed by atoms with Gasteiger partial charge in [0.2, 0.25) is 0 Å². The predicted octanol–water partition coefficient (Wildman–Crippen LogP) is 33.1. The van der Waals surface area contributed by atoms with E-state index >= 15 is 0 Å². The molecule has 0 aliphatic heterocycles. The van der Waals surface area contributed by atoms with Crippen LogP contribution in [0.15, 0.2) is 170 Å². The molecule has 8 heteroatoms. The van der Waals surface area contributed by atoms with Gasteiger partial charge in [-0.2, -0.15) is 0 Å². The van der Waals surface area contributed by atoms with Crippen LogP contribution in [0, 0.1) is 0 Å². The molecule has 0 nitrogen and oxygen atoms in total. The summed E-state index contributed by atoms with van der Waals surface area (Å²) in [6.45, 7) is 9.07. The quantitative estimate of drug-likeness (QED) is 0.0410. The van der Waals surface area contributed by atoms with E-state index in [1.807, 2.05) is 90.7 Å². The van der Waals surface area contributed by atoms with E-state index in [1.165, 1.54) is 320 Å². The standard InChI is InChI=1S/C27H34S2.C26H32S2.C20H20S2.C16H12S2/c1-2-3-4-5-6-7-8-9-10-11-12-15-21-18-19-23-25(20-21)29-26-22-16-13-14-17-24(22)28-27(23)26;1-2-3-4-5-6-7-8-9-10-11-14-20-17-18-22-24(19-20)28-25-21-15-12-13-16-23(21)27-26(22)25;1-2-3-4-5-8-14-11-12-16-18(13-14)22-19-15-9-6-7-10-17(15)21-20(16)19;1-2-10-7-8-12-14(9-10)18-15-11-5-3-4-6-13(11)17-16(12)15/h13-14,16-20H,2-12,15H2,1H3;12-13,15-19H,2-11,14H2,1H3;6-7,9-13H,2-5,8H2,1H3;3-9H,2H2,1H3. The Bertz CT molecular complexity index is 5130. The zero-order valence-corrected chi connectivity index (χ0v) is 64.5. The third kappa shape index (κ3) is 17.1. The Hall–Kier alpha value is -5.52. The summed E-state index contributed by atoms with van der Waals surface area (Å²) >= 11 is 15.6. The van der Waals surface area contributed by atoms with Gasteiger partial charge in [0, 0.05) is 80.7 Å². The maximum Gasteiger partial charge on any atom is 0.0542 e. The molecule has 0 unspecified atom stereocenters. The third-order valence-corrected chi connectivity index (χ3v) is 29.9. The Morgan fingerprint density at radius 1 is 0.186 bits per heavy atom. The molecular formula is C89H98S8. The van der Waals surface area contributed by atoms with Crippen LogP contribution in [0.2, 0.25) is 0 Å². The molecular weight excluding hydrogens is 1330 g/mol. The minimum absolute atomic E-state index is 1.11. The smallest absolute Gasteiger partial charge is 0.0542 e. The highest BCUT2D eigenvalue weighted by Gasteiger charge is 2.17. The maximum absolute atomic E-state index is 2.46. The van der Waals surface area contributed by atoms with Crippen molar-refractivity contribution in [2.45, 2.75) is 214 Å². The van der Waals surface area contributed by atoms with Crippen LogP contribution < -0.4 is 0 Å². The van der Waals surface area contributed by atoms with Gasteiger partial charge < -0.3 is 0 Å². The van der Waals surface area contributed by atoms with Gasteiger partial charge in [0.25, 0.3) is 0 Å². The van der Waals surface area contributed by atoms with Crippen molar-refractivity contribution in [1.29, 1.82) is 0 Å². The molecule has 0 spiro atoms. The Morgan fingerprint density at radius 3 is 0.639 bits per heavy atom. The first-order valence-corrected chi connectivity index (χ1v) is 43.8. The van der Waals surface area contributed by atoms with Crippen LogP contribution in [-0.4, -0.2) is 0 Å². The van der Waals surface area contributed by atoms with Crippen LogP contribution in [-0.2, 0) is 25.7 Å². The van der Waals surface area contributed by atoms with Crippen LogP contribution in [0.1, 0.15) is 210 Å². The van der Waals surface area contributed by atoms with E-state index in [9.17, 15) is 0 Å². The second kappa shape index (κ2) is 35.2. The normalized spacial score (nSPS) is 11.9.